The third-order valence-corrected chi connectivity index (χ3v) is 0.678. The average molecular weight is 113 g/mol. The predicted octanol–water partition coefficient (Wildman–Crippen LogP) is 0.0783. The molecule has 0 amide bonds. The Bertz CT molecular complexity index is 303. The van der Waals surface area contributed by atoms with Gasteiger partial charge in [0.25, 0.3) is 5.56 Å². The lowest BCUT2D eigenvalue weighted by Gasteiger charge is -1.83. The van der Waals surface area contributed by atoms with Gasteiger partial charge in [-0.05, 0) is 6.85 Å². The zero-order valence-electron chi connectivity index (χ0n) is 7.01. The first-order chi connectivity index (χ1) is 5.00. The number of aryl methyl sites for hydroxylation is 1. The molecule has 1 rings (SSSR count). The summed E-state index contributed by atoms with van der Waals surface area (Å²) in [7, 11) is 0. The molecule has 42 valence electrons. The van der Waals surface area contributed by atoms with E-state index < -0.39 is 12.4 Å². The molecule has 3 heteroatoms. The highest BCUT2D eigenvalue weighted by Gasteiger charge is 1.81. The van der Waals surface area contributed by atoms with Gasteiger partial charge in [0, 0.05) is 15.9 Å². The summed E-state index contributed by atoms with van der Waals surface area (Å²) in [5.74, 6) is 0. The van der Waals surface area contributed by atoms with Crippen molar-refractivity contribution in [2.45, 2.75) is 6.85 Å². The molecule has 1 aromatic heterocycles. The van der Waals surface area contributed by atoms with Crippen LogP contribution in [0.25, 0.3) is 0 Å². The number of nitrogens with one attached hydrogen (secondary N) is 1. The Balaban J connectivity index is 3.16. The van der Waals surface area contributed by atoms with Gasteiger partial charge in [-0.25, -0.2) is 4.98 Å². The third-order valence-electron chi connectivity index (χ3n) is 0.678. The lowest BCUT2D eigenvalue weighted by Crippen LogP contribution is -2.03. The second-order valence-electron chi connectivity index (χ2n) is 1.30. The Morgan fingerprint density at radius 1 is 2.00 bits per heavy atom. The van der Waals surface area contributed by atoms with Crippen molar-refractivity contribution in [2.75, 3.05) is 0 Å². The van der Waals surface area contributed by atoms with Gasteiger partial charge in [0.2, 0.25) is 0 Å². The topological polar surface area (TPSA) is 45.8 Å². The second-order valence-corrected chi connectivity index (χ2v) is 1.30. The van der Waals surface area contributed by atoms with Crippen molar-refractivity contribution in [3.63, 3.8) is 0 Å². The van der Waals surface area contributed by atoms with Gasteiger partial charge in [-0.1, -0.05) is 0 Å². The first kappa shape index (κ1) is 2.44. The van der Waals surface area contributed by atoms with Crippen molar-refractivity contribution in [3.05, 3.63) is 28.4 Å². The molecular weight excluding hydrogens is 104 g/mol. The molecule has 0 aliphatic heterocycles. The summed E-state index contributed by atoms with van der Waals surface area (Å²) >= 11 is 0. The van der Waals surface area contributed by atoms with Crippen molar-refractivity contribution >= 4 is 0 Å². The highest BCUT2D eigenvalue weighted by atomic mass is 16.1. The van der Waals surface area contributed by atoms with Crippen LogP contribution in [0.2, 0.25) is 0 Å². The number of hydrogen-bond acceptors (Lipinski definition) is 2. The Labute approximate surface area is 50.6 Å². The van der Waals surface area contributed by atoms with Gasteiger partial charge in [-0.15, -0.1) is 0 Å². The Hall–Kier alpha value is -1.12. The SMILES string of the molecule is [2H]C([2H])([2H])c1cc(=O)[nH]cn1. The molecular formula is C5H6N2O. The van der Waals surface area contributed by atoms with Crippen molar-refractivity contribution in [1.29, 1.82) is 0 Å². The molecule has 0 spiro atoms. The molecule has 8 heavy (non-hydrogen) atoms. The fraction of sp³-hybridized carbons (Fsp3) is 0.200. The Kier molecular flexibility index (Phi) is 0.541. The number of nitrogens with zero attached hydrogens (tertiary/aromatic N) is 1. The molecule has 0 aromatic carbocycles. The predicted molar refractivity (Wildman–Crippen MR) is 29.6 cm³/mol. The number of rotatable bonds is 0. The monoisotopic (exact) mass is 113 g/mol. The van der Waals surface area contributed by atoms with Crippen LogP contribution in [-0.2, 0) is 0 Å². The van der Waals surface area contributed by atoms with Crippen LogP contribution >= 0.6 is 0 Å². The zero-order chi connectivity index (χ0) is 8.48. The van der Waals surface area contributed by atoms with E-state index in [-0.39, 0.29) is 5.69 Å². The minimum absolute atomic E-state index is 0.179. The van der Waals surface area contributed by atoms with Crippen LogP contribution in [0.1, 0.15) is 9.81 Å². The number of H-pyrrole nitrogens is 1. The fourth-order valence-corrected chi connectivity index (χ4v) is 0.369. The van der Waals surface area contributed by atoms with E-state index in [1.165, 1.54) is 0 Å². The maximum atomic E-state index is 10.6. The van der Waals surface area contributed by atoms with Gasteiger partial charge in [0.1, 0.15) is 0 Å². The summed E-state index contributed by atoms with van der Waals surface area (Å²) in [5, 5.41) is 0. The van der Waals surface area contributed by atoms with Crippen LogP contribution in [0.4, 0.5) is 0 Å². The first-order valence-corrected chi connectivity index (χ1v) is 2.05. The first-order valence-electron chi connectivity index (χ1n) is 3.55. The maximum Gasteiger partial charge on any atom is 0.250 e. The van der Waals surface area contributed by atoms with Crippen LogP contribution < -0.4 is 5.56 Å². The number of aromatic amines is 1. The number of hydrogen-bond donors (Lipinski definition) is 1. The molecule has 0 aliphatic rings. The second kappa shape index (κ2) is 1.78. The molecule has 0 bridgehead atoms. The van der Waals surface area contributed by atoms with Crippen LogP contribution in [0.5, 0.6) is 0 Å². The maximum absolute atomic E-state index is 10.6. The molecule has 0 saturated heterocycles. The third kappa shape index (κ3) is 0.932. The van der Waals surface area contributed by atoms with Crippen LogP contribution in [0.3, 0.4) is 0 Å². The van der Waals surface area contributed by atoms with E-state index >= 15 is 0 Å². The number of aromatic nitrogens is 2. The zero-order valence-corrected chi connectivity index (χ0v) is 4.01. The average Bonchev–Trinajstić information content (AvgIpc) is 1.86. The lowest BCUT2D eigenvalue weighted by atomic mass is 10.5. The fourth-order valence-electron chi connectivity index (χ4n) is 0.369. The van der Waals surface area contributed by atoms with Gasteiger partial charge in [-0.3, -0.25) is 4.79 Å². The van der Waals surface area contributed by atoms with Crippen LogP contribution in [0, 0.1) is 6.85 Å². The van der Waals surface area contributed by atoms with E-state index in [4.69, 9.17) is 4.11 Å². The highest BCUT2D eigenvalue weighted by Crippen LogP contribution is 1.77. The van der Waals surface area contributed by atoms with E-state index in [9.17, 15) is 4.79 Å². The molecule has 0 aliphatic carbocycles. The summed E-state index contributed by atoms with van der Waals surface area (Å²) in [5.41, 5.74) is -0.632. The van der Waals surface area contributed by atoms with Crippen molar-refractivity contribution < 1.29 is 4.11 Å². The molecule has 1 heterocycles. The normalized spacial score (nSPS) is 16.2. The summed E-state index contributed by atoms with van der Waals surface area (Å²) in [6.45, 7) is -2.30. The van der Waals surface area contributed by atoms with E-state index in [0.717, 1.165) is 12.4 Å². The smallest absolute Gasteiger partial charge is 0.250 e. The molecule has 1 N–H and O–H groups in total. The lowest BCUT2D eigenvalue weighted by molar-refractivity contribution is 1.06. The van der Waals surface area contributed by atoms with Crippen molar-refractivity contribution in [2.24, 2.45) is 0 Å². The van der Waals surface area contributed by atoms with Gasteiger partial charge in [0.15, 0.2) is 0 Å². The van der Waals surface area contributed by atoms with Gasteiger partial charge >= 0.3 is 0 Å². The van der Waals surface area contributed by atoms with Crippen LogP contribution in [-0.4, -0.2) is 9.97 Å². The van der Waals surface area contributed by atoms with Gasteiger partial charge in [-0.2, -0.15) is 0 Å². The van der Waals surface area contributed by atoms with E-state index in [0.29, 0.717) is 0 Å². The quantitative estimate of drug-likeness (QED) is 0.517. The minimum Gasteiger partial charge on any atom is -0.313 e. The van der Waals surface area contributed by atoms with E-state index in [2.05, 4.69) is 9.97 Å². The highest BCUT2D eigenvalue weighted by molar-refractivity contribution is 4.93. The van der Waals surface area contributed by atoms with Gasteiger partial charge in [0.05, 0.1) is 6.33 Å². The summed E-state index contributed by atoms with van der Waals surface area (Å²) in [6, 6.07) is 0.965. The van der Waals surface area contributed by atoms with Crippen LogP contribution in [0.15, 0.2) is 17.2 Å². The molecule has 0 saturated carbocycles. The molecule has 1 aromatic rings. The van der Waals surface area contributed by atoms with Crippen molar-refractivity contribution in [1.82, 2.24) is 9.97 Å². The molecule has 0 atom stereocenters. The molecule has 3 nitrogen and oxygen atoms in total. The largest absolute Gasteiger partial charge is 0.313 e. The van der Waals surface area contributed by atoms with Crippen molar-refractivity contribution in [3.8, 4) is 0 Å². The summed E-state index contributed by atoms with van der Waals surface area (Å²) < 4.78 is 20.7. The van der Waals surface area contributed by atoms with Gasteiger partial charge < -0.3 is 4.98 Å². The molecule has 0 fully saturated rings. The summed E-state index contributed by atoms with van der Waals surface area (Å²) in [4.78, 5) is 16.3. The molecule has 0 radical (unpaired) electrons. The minimum atomic E-state index is -2.30. The van der Waals surface area contributed by atoms with E-state index in [1.54, 1.807) is 0 Å². The molecule has 0 unspecified atom stereocenters. The standard InChI is InChI=1S/C5H6N2O/c1-4-2-5(8)7-3-6-4/h2-3H,1H3,(H,6,7,8)/i1D3. The Morgan fingerprint density at radius 2 is 2.88 bits per heavy atom. The van der Waals surface area contributed by atoms with E-state index in [1.807, 2.05) is 0 Å². The summed E-state index contributed by atoms with van der Waals surface area (Å²) in [6.07, 6.45) is 1.07. The Morgan fingerprint density at radius 3 is 3.38 bits per heavy atom.